The van der Waals surface area contributed by atoms with Gasteiger partial charge < -0.3 is 9.64 Å². The Kier molecular flexibility index (Phi) is 4.11. The molecule has 1 aliphatic rings. The molecule has 0 radical (unpaired) electrons. The number of piperidine rings is 1. The molecule has 0 aliphatic carbocycles. The van der Waals surface area contributed by atoms with Crippen LogP contribution in [0, 0.1) is 22.7 Å². The van der Waals surface area contributed by atoms with Crippen LogP contribution in [0.5, 0.6) is 0 Å². The summed E-state index contributed by atoms with van der Waals surface area (Å²) in [7, 11) is 1.37. The van der Waals surface area contributed by atoms with Gasteiger partial charge in [-0.05, 0) is 26.7 Å². The molecule has 1 saturated heterocycles. The van der Waals surface area contributed by atoms with Crippen molar-refractivity contribution in [2.24, 2.45) is 11.3 Å². The van der Waals surface area contributed by atoms with E-state index in [-0.39, 0.29) is 17.8 Å². The summed E-state index contributed by atoms with van der Waals surface area (Å²) in [6.45, 7) is 4.26. The zero-order valence-corrected chi connectivity index (χ0v) is 10.5. The monoisotopic (exact) mass is 238 g/mol. The van der Waals surface area contributed by atoms with Gasteiger partial charge in [0.1, 0.15) is 5.41 Å². The van der Waals surface area contributed by atoms with Crippen LogP contribution in [0.2, 0.25) is 0 Å². The highest BCUT2D eigenvalue weighted by Gasteiger charge is 2.35. The summed E-state index contributed by atoms with van der Waals surface area (Å²) in [4.78, 5) is 25.0. The lowest BCUT2D eigenvalue weighted by Gasteiger charge is -2.33. The van der Waals surface area contributed by atoms with Crippen molar-refractivity contribution in [3.63, 3.8) is 0 Å². The Morgan fingerprint density at radius 1 is 1.35 bits per heavy atom. The molecule has 0 aromatic heterocycles. The summed E-state index contributed by atoms with van der Waals surface area (Å²) in [5, 5.41) is 8.90. The van der Waals surface area contributed by atoms with Gasteiger partial charge in [-0.1, -0.05) is 0 Å². The van der Waals surface area contributed by atoms with Crippen molar-refractivity contribution in [2.75, 3.05) is 20.2 Å². The van der Waals surface area contributed by atoms with Crippen LogP contribution in [0.4, 0.5) is 0 Å². The summed E-state index contributed by atoms with van der Waals surface area (Å²) in [5.74, 6) is -0.491. The highest BCUT2D eigenvalue weighted by Crippen LogP contribution is 2.24. The number of nitrogens with zero attached hydrogens (tertiary/aromatic N) is 2. The Bertz CT molecular complexity index is 349. The van der Waals surface area contributed by atoms with Gasteiger partial charge in [0.25, 0.3) is 0 Å². The maximum Gasteiger partial charge on any atom is 0.308 e. The Morgan fingerprint density at radius 2 is 1.88 bits per heavy atom. The fourth-order valence-corrected chi connectivity index (χ4v) is 1.93. The van der Waals surface area contributed by atoms with Gasteiger partial charge in [0, 0.05) is 13.1 Å². The van der Waals surface area contributed by atoms with E-state index in [2.05, 4.69) is 4.74 Å². The van der Waals surface area contributed by atoms with Gasteiger partial charge in [-0.15, -0.1) is 0 Å². The fraction of sp³-hybridized carbons (Fsp3) is 0.750. The van der Waals surface area contributed by atoms with E-state index in [1.165, 1.54) is 7.11 Å². The predicted octanol–water partition coefficient (Wildman–Crippen LogP) is 0.948. The van der Waals surface area contributed by atoms with Gasteiger partial charge in [0.15, 0.2) is 0 Å². The molecule has 1 aliphatic heterocycles. The molecule has 1 rings (SSSR count). The summed E-state index contributed by atoms with van der Waals surface area (Å²) in [6, 6.07) is 2.00. The molecule has 0 aromatic carbocycles. The summed E-state index contributed by atoms with van der Waals surface area (Å²) in [5.41, 5.74) is -0.988. The van der Waals surface area contributed by atoms with Crippen molar-refractivity contribution in [2.45, 2.75) is 26.7 Å². The zero-order chi connectivity index (χ0) is 13.1. The van der Waals surface area contributed by atoms with Crippen LogP contribution >= 0.6 is 0 Å². The zero-order valence-electron chi connectivity index (χ0n) is 10.5. The molecule has 0 saturated carbocycles. The number of nitriles is 1. The van der Waals surface area contributed by atoms with Crippen molar-refractivity contribution < 1.29 is 14.3 Å². The molecular weight excluding hydrogens is 220 g/mol. The predicted molar refractivity (Wildman–Crippen MR) is 60.7 cm³/mol. The molecular formula is C12H18N2O3. The Hall–Kier alpha value is -1.57. The van der Waals surface area contributed by atoms with Gasteiger partial charge in [-0.3, -0.25) is 9.59 Å². The van der Waals surface area contributed by atoms with Gasteiger partial charge in [-0.2, -0.15) is 5.26 Å². The van der Waals surface area contributed by atoms with Crippen molar-refractivity contribution >= 4 is 11.9 Å². The first-order chi connectivity index (χ1) is 7.92. The van der Waals surface area contributed by atoms with Crippen molar-refractivity contribution in [1.29, 1.82) is 5.26 Å². The fourth-order valence-electron chi connectivity index (χ4n) is 1.93. The third kappa shape index (κ3) is 2.96. The van der Waals surface area contributed by atoms with Gasteiger partial charge in [-0.25, -0.2) is 0 Å². The smallest absolute Gasteiger partial charge is 0.308 e. The van der Waals surface area contributed by atoms with E-state index in [0.29, 0.717) is 25.9 Å². The van der Waals surface area contributed by atoms with E-state index >= 15 is 0 Å². The summed E-state index contributed by atoms with van der Waals surface area (Å²) >= 11 is 0. The Balaban J connectivity index is 2.56. The second kappa shape index (κ2) is 5.17. The Labute approximate surface area is 101 Å². The maximum atomic E-state index is 12.0. The normalized spacial score (nSPS) is 17.4. The topological polar surface area (TPSA) is 70.4 Å². The van der Waals surface area contributed by atoms with Gasteiger partial charge in [0.2, 0.25) is 5.91 Å². The molecule has 5 heteroatoms. The second-order valence-electron chi connectivity index (χ2n) is 4.83. The van der Waals surface area contributed by atoms with E-state index in [1.54, 1.807) is 18.7 Å². The van der Waals surface area contributed by atoms with E-state index in [0.717, 1.165) is 0 Å². The van der Waals surface area contributed by atoms with Crippen molar-refractivity contribution in [3.05, 3.63) is 0 Å². The molecule has 1 fully saturated rings. The van der Waals surface area contributed by atoms with Crippen LogP contribution in [0.1, 0.15) is 26.7 Å². The molecule has 0 atom stereocenters. The third-order valence-corrected chi connectivity index (χ3v) is 3.13. The molecule has 5 nitrogen and oxygen atoms in total. The number of likely N-dealkylation sites (tertiary alicyclic amines) is 1. The molecule has 0 spiro atoms. The first kappa shape index (κ1) is 13.5. The van der Waals surface area contributed by atoms with Crippen molar-refractivity contribution in [1.82, 2.24) is 4.90 Å². The molecule has 94 valence electrons. The quantitative estimate of drug-likeness (QED) is 0.671. The molecule has 1 heterocycles. The maximum absolute atomic E-state index is 12.0. The minimum absolute atomic E-state index is 0.116. The number of carbonyl (C=O) groups excluding carboxylic acids is 2. The van der Waals surface area contributed by atoms with Crippen LogP contribution in [0.3, 0.4) is 0 Å². The molecule has 1 amide bonds. The number of rotatable bonds is 2. The molecule has 0 aromatic rings. The largest absolute Gasteiger partial charge is 0.469 e. The number of hydrogen-bond acceptors (Lipinski definition) is 4. The van der Waals surface area contributed by atoms with Crippen LogP contribution in [0.15, 0.2) is 0 Å². The second-order valence-corrected chi connectivity index (χ2v) is 4.83. The number of esters is 1. The van der Waals surface area contributed by atoms with E-state index in [9.17, 15) is 9.59 Å². The van der Waals surface area contributed by atoms with Gasteiger partial charge >= 0.3 is 5.97 Å². The van der Waals surface area contributed by atoms with Crippen molar-refractivity contribution in [3.8, 4) is 6.07 Å². The first-order valence-corrected chi connectivity index (χ1v) is 5.71. The standard InChI is InChI=1S/C12H18N2O3/c1-12(2,8-13)11(16)14-6-4-9(5-7-14)10(15)17-3/h9H,4-7H2,1-3H3. The van der Waals surface area contributed by atoms with Crippen LogP contribution in [0.25, 0.3) is 0 Å². The van der Waals surface area contributed by atoms with Crippen LogP contribution in [-0.4, -0.2) is 37.0 Å². The summed E-state index contributed by atoms with van der Waals surface area (Å²) < 4.78 is 4.68. The SMILES string of the molecule is COC(=O)C1CCN(C(=O)C(C)(C)C#N)CC1. The number of methoxy groups -OCH3 is 1. The number of ether oxygens (including phenoxy) is 1. The lowest BCUT2D eigenvalue weighted by Crippen LogP contribution is -2.45. The summed E-state index contributed by atoms with van der Waals surface area (Å²) in [6.07, 6.45) is 1.22. The van der Waals surface area contributed by atoms with Crippen LogP contribution in [-0.2, 0) is 14.3 Å². The molecule has 0 N–H and O–H groups in total. The highest BCUT2D eigenvalue weighted by atomic mass is 16.5. The van der Waals surface area contributed by atoms with Crippen LogP contribution < -0.4 is 0 Å². The minimum atomic E-state index is -0.988. The Morgan fingerprint density at radius 3 is 2.29 bits per heavy atom. The van der Waals surface area contributed by atoms with E-state index < -0.39 is 5.41 Å². The third-order valence-electron chi connectivity index (χ3n) is 3.13. The lowest BCUT2D eigenvalue weighted by atomic mass is 9.90. The average Bonchev–Trinajstić information content (AvgIpc) is 2.37. The minimum Gasteiger partial charge on any atom is -0.469 e. The molecule has 17 heavy (non-hydrogen) atoms. The number of amides is 1. The lowest BCUT2D eigenvalue weighted by molar-refractivity contribution is -0.150. The molecule has 0 bridgehead atoms. The average molecular weight is 238 g/mol. The molecule has 0 unspecified atom stereocenters. The van der Waals surface area contributed by atoms with Gasteiger partial charge in [0.05, 0.1) is 19.1 Å². The first-order valence-electron chi connectivity index (χ1n) is 5.71. The van der Waals surface area contributed by atoms with E-state index in [4.69, 9.17) is 5.26 Å². The van der Waals surface area contributed by atoms with E-state index in [1.807, 2.05) is 6.07 Å². The number of carbonyl (C=O) groups is 2. The highest BCUT2D eigenvalue weighted by molar-refractivity contribution is 5.85. The number of hydrogen-bond donors (Lipinski definition) is 0.